The van der Waals surface area contributed by atoms with Gasteiger partial charge in [0.05, 0.1) is 0 Å². The van der Waals surface area contributed by atoms with Crippen LogP contribution in [0.2, 0.25) is 0 Å². The van der Waals surface area contributed by atoms with Gasteiger partial charge >= 0.3 is 0 Å². The maximum Gasteiger partial charge on any atom is 0.251 e. The molecule has 0 aliphatic rings. The first-order valence-corrected chi connectivity index (χ1v) is 8.43. The molecule has 1 atom stereocenters. The smallest absolute Gasteiger partial charge is 0.251 e. The number of aryl methyl sites for hydroxylation is 2. The van der Waals surface area contributed by atoms with Crippen LogP contribution in [0.4, 0.5) is 5.82 Å². The number of nitrogens with zero attached hydrogens (tertiary/aromatic N) is 2. The lowest BCUT2D eigenvalue weighted by molar-refractivity contribution is -0.115. The summed E-state index contributed by atoms with van der Waals surface area (Å²) in [6.07, 6.45) is 0. The van der Waals surface area contributed by atoms with Crippen LogP contribution >= 0.6 is 11.8 Å². The Morgan fingerprint density at radius 1 is 1.24 bits per heavy atom. The molecule has 2 heterocycles. The van der Waals surface area contributed by atoms with E-state index in [2.05, 4.69) is 20.4 Å². The van der Waals surface area contributed by atoms with Crippen molar-refractivity contribution < 1.29 is 9.32 Å². The Balaban J connectivity index is 1.89. The Kier molecular flexibility index (Phi) is 4.99. The summed E-state index contributed by atoms with van der Waals surface area (Å²) in [5.41, 5.74) is 1.12. The molecule has 7 nitrogen and oxygen atoms in total. The number of nitrogens with one attached hydrogen (secondary N) is 2. The van der Waals surface area contributed by atoms with Crippen LogP contribution in [0.1, 0.15) is 22.3 Å². The monoisotopic (exact) mass is 356 g/mol. The SMILES string of the molecule is Cc1cc(=O)[nH]c(SC(C(=O)Nc2cc(C)on2)c2ccccc2)n1. The van der Waals surface area contributed by atoms with Gasteiger partial charge in [-0.1, -0.05) is 47.3 Å². The molecule has 2 N–H and O–H groups in total. The molecule has 2 aromatic heterocycles. The molecule has 0 saturated carbocycles. The highest BCUT2D eigenvalue weighted by Gasteiger charge is 2.24. The average Bonchev–Trinajstić information content (AvgIpc) is 2.97. The summed E-state index contributed by atoms with van der Waals surface area (Å²) in [5.74, 6) is 0.660. The number of benzene rings is 1. The van der Waals surface area contributed by atoms with E-state index in [-0.39, 0.29) is 11.5 Å². The van der Waals surface area contributed by atoms with Crippen LogP contribution in [-0.2, 0) is 4.79 Å². The Morgan fingerprint density at radius 3 is 2.64 bits per heavy atom. The number of aromatic nitrogens is 3. The highest BCUT2D eigenvalue weighted by atomic mass is 32.2. The maximum atomic E-state index is 12.8. The number of anilines is 1. The van der Waals surface area contributed by atoms with Gasteiger partial charge in [-0.2, -0.15) is 0 Å². The highest BCUT2D eigenvalue weighted by molar-refractivity contribution is 8.00. The van der Waals surface area contributed by atoms with Crippen LogP contribution in [-0.4, -0.2) is 21.0 Å². The van der Waals surface area contributed by atoms with E-state index in [1.54, 1.807) is 19.9 Å². The van der Waals surface area contributed by atoms with E-state index in [0.29, 0.717) is 22.4 Å². The Bertz CT molecular complexity index is 936. The van der Waals surface area contributed by atoms with Gasteiger partial charge in [-0.25, -0.2) is 4.98 Å². The largest absolute Gasteiger partial charge is 0.360 e. The molecule has 0 radical (unpaired) electrons. The summed E-state index contributed by atoms with van der Waals surface area (Å²) in [6, 6.07) is 12.3. The van der Waals surface area contributed by atoms with Crippen LogP contribution < -0.4 is 10.9 Å². The van der Waals surface area contributed by atoms with Gasteiger partial charge in [0.2, 0.25) is 5.91 Å². The summed E-state index contributed by atoms with van der Waals surface area (Å²) in [6.45, 7) is 3.47. The molecule has 25 heavy (non-hydrogen) atoms. The summed E-state index contributed by atoms with van der Waals surface area (Å²) in [7, 11) is 0. The molecular formula is C17H16N4O3S. The van der Waals surface area contributed by atoms with E-state index in [1.807, 2.05) is 30.3 Å². The lowest BCUT2D eigenvalue weighted by Crippen LogP contribution is -2.20. The van der Waals surface area contributed by atoms with Gasteiger partial charge in [0, 0.05) is 17.8 Å². The fourth-order valence-corrected chi connectivity index (χ4v) is 3.28. The van der Waals surface area contributed by atoms with Crippen LogP contribution in [0.5, 0.6) is 0 Å². The predicted octanol–water partition coefficient (Wildman–Crippen LogP) is 2.85. The van der Waals surface area contributed by atoms with E-state index in [9.17, 15) is 9.59 Å². The predicted molar refractivity (Wildman–Crippen MR) is 94.5 cm³/mol. The van der Waals surface area contributed by atoms with Crippen LogP contribution in [0.15, 0.2) is 56.9 Å². The van der Waals surface area contributed by atoms with Crippen molar-refractivity contribution in [2.75, 3.05) is 5.32 Å². The zero-order valence-electron chi connectivity index (χ0n) is 13.6. The van der Waals surface area contributed by atoms with Gasteiger partial charge in [-0.05, 0) is 19.4 Å². The Hall–Kier alpha value is -2.87. The summed E-state index contributed by atoms with van der Waals surface area (Å²) in [5, 5.41) is 6.28. The van der Waals surface area contributed by atoms with E-state index in [0.717, 1.165) is 5.56 Å². The minimum atomic E-state index is -0.608. The summed E-state index contributed by atoms with van der Waals surface area (Å²) < 4.78 is 4.97. The number of aromatic amines is 1. The number of carbonyl (C=O) groups is 1. The second-order valence-electron chi connectivity index (χ2n) is 5.41. The van der Waals surface area contributed by atoms with Crippen LogP contribution in [0.25, 0.3) is 0 Å². The third-order valence-corrected chi connectivity index (χ3v) is 4.44. The quantitative estimate of drug-likeness (QED) is 0.538. The van der Waals surface area contributed by atoms with E-state index in [4.69, 9.17) is 4.52 Å². The molecule has 0 spiro atoms. The Morgan fingerprint density at radius 2 is 2.00 bits per heavy atom. The average molecular weight is 356 g/mol. The van der Waals surface area contributed by atoms with E-state index >= 15 is 0 Å². The number of hydrogen-bond acceptors (Lipinski definition) is 6. The number of thioether (sulfide) groups is 1. The maximum absolute atomic E-state index is 12.8. The van der Waals surface area contributed by atoms with Crippen LogP contribution in [0, 0.1) is 13.8 Å². The van der Waals surface area contributed by atoms with Crippen molar-refractivity contribution in [3.63, 3.8) is 0 Å². The topological polar surface area (TPSA) is 101 Å². The molecule has 1 aromatic carbocycles. The van der Waals surface area contributed by atoms with Gasteiger partial charge in [0.15, 0.2) is 11.0 Å². The van der Waals surface area contributed by atoms with Gasteiger partial charge in [0.1, 0.15) is 11.0 Å². The molecular weight excluding hydrogens is 340 g/mol. The third kappa shape index (κ3) is 4.36. The first-order chi connectivity index (χ1) is 12.0. The molecule has 0 bridgehead atoms. The number of rotatable bonds is 5. The number of H-pyrrole nitrogens is 1. The molecule has 1 amide bonds. The number of carbonyl (C=O) groups excluding carboxylic acids is 1. The molecule has 3 rings (SSSR count). The molecule has 1 unspecified atom stereocenters. The summed E-state index contributed by atoms with van der Waals surface area (Å²) >= 11 is 1.17. The fourth-order valence-electron chi connectivity index (χ4n) is 2.24. The fraction of sp³-hybridized carbons (Fsp3) is 0.176. The second-order valence-corrected chi connectivity index (χ2v) is 6.51. The van der Waals surface area contributed by atoms with Crippen molar-refractivity contribution >= 4 is 23.5 Å². The first-order valence-electron chi connectivity index (χ1n) is 7.55. The standard InChI is InChI=1S/C17H16N4O3S/c1-10-8-14(22)20-17(18-10)25-15(12-6-4-3-5-7-12)16(23)19-13-9-11(2)24-21-13/h3-9,15H,1-2H3,(H,18,20,22)(H,19,21,23). The van der Waals surface area contributed by atoms with Gasteiger partial charge in [0.25, 0.3) is 5.56 Å². The van der Waals surface area contributed by atoms with Crippen molar-refractivity contribution in [3.05, 3.63) is 69.8 Å². The van der Waals surface area contributed by atoms with Gasteiger partial charge < -0.3 is 14.8 Å². The first kappa shape index (κ1) is 17.0. The zero-order valence-corrected chi connectivity index (χ0v) is 14.5. The molecule has 0 fully saturated rings. The highest BCUT2D eigenvalue weighted by Crippen LogP contribution is 2.34. The van der Waals surface area contributed by atoms with Crippen molar-refractivity contribution in [3.8, 4) is 0 Å². The van der Waals surface area contributed by atoms with Crippen molar-refractivity contribution in [1.82, 2.24) is 15.1 Å². The minimum absolute atomic E-state index is 0.255. The van der Waals surface area contributed by atoms with Crippen molar-refractivity contribution in [2.45, 2.75) is 24.3 Å². The number of hydrogen-bond donors (Lipinski definition) is 2. The molecule has 0 aliphatic carbocycles. The molecule has 8 heteroatoms. The second kappa shape index (κ2) is 7.35. The van der Waals surface area contributed by atoms with Gasteiger partial charge in [-0.15, -0.1) is 0 Å². The minimum Gasteiger partial charge on any atom is -0.360 e. The third-order valence-electron chi connectivity index (χ3n) is 3.30. The molecule has 3 aromatic rings. The van der Waals surface area contributed by atoms with Crippen LogP contribution in [0.3, 0.4) is 0 Å². The lowest BCUT2D eigenvalue weighted by Gasteiger charge is -2.15. The van der Waals surface area contributed by atoms with E-state index in [1.165, 1.54) is 17.8 Å². The number of amides is 1. The summed E-state index contributed by atoms with van der Waals surface area (Å²) in [4.78, 5) is 31.4. The Labute approximate surface area is 147 Å². The molecule has 0 saturated heterocycles. The van der Waals surface area contributed by atoms with Crippen molar-refractivity contribution in [2.24, 2.45) is 0 Å². The molecule has 0 aliphatic heterocycles. The molecule has 128 valence electrons. The van der Waals surface area contributed by atoms with Gasteiger partial charge in [-0.3, -0.25) is 9.59 Å². The lowest BCUT2D eigenvalue weighted by atomic mass is 10.1. The zero-order chi connectivity index (χ0) is 17.8. The van der Waals surface area contributed by atoms with Crippen molar-refractivity contribution in [1.29, 1.82) is 0 Å². The van der Waals surface area contributed by atoms with E-state index < -0.39 is 5.25 Å². The normalized spacial score (nSPS) is 11.9.